The van der Waals surface area contributed by atoms with Crippen LogP contribution in [0.1, 0.15) is 5.56 Å². The van der Waals surface area contributed by atoms with Crippen molar-refractivity contribution in [2.24, 2.45) is 7.05 Å². The molecule has 0 amide bonds. The summed E-state index contributed by atoms with van der Waals surface area (Å²) in [5.41, 5.74) is 5.61. The third-order valence-electron chi connectivity index (χ3n) is 5.01. The van der Waals surface area contributed by atoms with E-state index in [2.05, 4.69) is 0 Å². The third kappa shape index (κ3) is 4.03. The van der Waals surface area contributed by atoms with Gasteiger partial charge in [0.05, 0.1) is 16.0 Å². The molecule has 3 N–H and O–H groups in total. The molecule has 0 saturated carbocycles. The number of aromatic nitrogens is 1. The molecule has 0 aliphatic heterocycles. The van der Waals surface area contributed by atoms with Gasteiger partial charge >= 0.3 is 6.18 Å². The lowest BCUT2D eigenvalue weighted by atomic mass is 9.98. The minimum absolute atomic E-state index is 0.154. The van der Waals surface area contributed by atoms with Crippen molar-refractivity contribution >= 4 is 40.0 Å². The van der Waals surface area contributed by atoms with Gasteiger partial charge in [0.1, 0.15) is 5.75 Å². The molecule has 9 heteroatoms. The lowest BCUT2D eigenvalue weighted by Crippen LogP contribution is -2.20. The molecule has 32 heavy (non-hydrogen) atoms. The number of nitrogens with two attached hydrogens (primary N) is 1. The average molecular weight is 477 g/mol. The monoisotopic (exact) mass is 476 g/mol. The van der Waals surface area contributed by atoms with Gasteiger partial charge in [0.25, 0.3) is 5.56 Å². The Morgan fingerprint density at radius 1 is 1.03 bits per heavy atom. The second-order valence-corrected chi connectivity index (χ2v) is 8.65. The first-order chi connectivity index (χ1) is 15.1. The predicted octanol–water partition coefficient (Wildman–Crippen LogP) is 6.32. The molecule has 0 aliphatic carbocycles. The predicted molar refractivity (Wildman–Crippen MR) is 121 cm³/mol. The van der Waals surface area contributed by atoms with Crippen LogP contribution in [0.25, 0.3) is 22.0 Å². The molecule has 0 fully saturated rings. The topological polar surface area (TPSA) is 68.2 Å². The van der Waals surface area contributed by atoms with E-state index in [1.807, 2.05) is 0 Å². The van der Waals surface area contributed by atoms with Gasteiger partial charge in [-0.2, -0.15) is 13.2 Å². The average Bonchev–Trinajstić information content (AvgIpc) is 2.74. The van der Waals surface area contributed by atoms with Crippen molar-refractivity contribution in [2.45, 2.75) is 16.0 Å². The molecule has 0 saturated heterocycles. The molecule has 1 aromatic heterocycles. The normalized spacial score (nSPS) is 11.8. The lowest BCUT2D eigenvalue weighted by Gasteiger charge is -2.18. The zero-order valence-corrected chi connectivity index (χ0v) is 18.1. The highest BCUT2D eigenvalue weighted by molar-refractivity contribution is 7.99. The van der Waals surface area contributed by atoms with Crippen molar-refractivity contribution in [2.75, 3.05) is 5.73 Å². The molecule has 0 unspecified atom stereocenters. The number of anilines is 1. The van der Waals surface area contributed by atoms with Crippen molar-refractivity contribution in [1.82, 2.24) is 4.57 Å². The maximum Gasteiger partial charge on any atom is 0.416 e. The van der Waals surface area contributed by atoms with Crippen LogP contribution in [0.15, 0.2) is 75.2 Å². The molecule has 1 heterocycles. The number of hydrogen-bond donors (Lipinski definition) is 2. The maximum atomic E-state index is 13.5. The van der Waals surface area contributed by atoms with Crippen molar-refractivity contribution in [3.8, 4) is 16.9 Å². The van der Waals surface area contributed by atoms with Gasteiger partial charge in [-0.25, -0.2) is 0 Å². The molecule has 0 radical (unpaired) electrons. The van der Waals surface area contributed by atoms with E-state index in [-0.39, 0.29) is 32.2 Å². The van der Waals surface area contributed by atoms with E-state index < -0.39 is 17.3 Å². The van der Waals surface area contributed by atoms with Crippen LogP contribution in [0.2, 0.25) is 5.02 Å². The number of phenolic OH excluding ortho intramolecular Hbond substituents is 1. The Bertz CT molecular complexity index is 1400. The third-order valence-corrected chi connectivity index (χ3v) is 6.33. The first-order valence-corrected chi connectivity index (χ1v) is 10.5. The number of aryl methyl sites for hydroxylation is 1. The zero-order chi connectivity index (χ0) is 23.2. The van der Waals surface area contributed by atoms with E-state index in [9.17, 15) is 23.1 Å². The van der Waals surface area contributed by atoms with E-state index in [1.54, 1.807) is 24.3 Å². The van der Waals surface area contributed by atoms with Gasteiger partial charge in [0, 0.05) is 39.2 Å². The number of alkyl halides is 3. The first kappa shape index (κ1) is 22.1. The summed E-state index contributed by atoms with van der Waals surface area (Å²) in [6.45, 7) is 0. The summed E-state index contributed by atoms with van der Waals surface area (Å²) >= 11 is 7.20. The quantitative estimate of drug-likeness (QED) is 0.340. The summed E-state index contributed by atoms with van der Waals surface area (Å²) in [5.74, 6) is -0.208. The number of halogens is 4. The Labute approximate surface area is 190 Å². The highest BCUT2D eigenvalue weighted by atomic mass is 35.5. The van der Waals surface area contributed by atoms with Gasteiger partial charge in [0.2, 0.25) is 0 Å². The summed E-state index contributed by atoms with van der Waals surface area (Å²) in [6.07, 6.45) is -4.58. The molecule has 0 aliphatic rings. The van der Waals surface area contributed by atoms with Gasteiger partial charge in [-0.3, -0.25) is 4.79 Å². The van der Waals surface area contributed by atoms with Crippen molar-refractivity contribution < 1.29 is 18.3 Å². The number of phenols is 1. The fourth-order valence-electron chi connectivity index (χ4n) is 3.42. The Morgan fingerprint density at radius 3 is 2.38 bits per heavy atom. The van der Waals surface area contributed by atoms with Crippen molar-refractivity contribution in [3.63, 3.8) is 0 Å². The standard InChI is InChI=1S/C23H16ClF3N2O2S/c1-29-18-8-2-12(23(25,26)27)10-16(18)20(17-11-13(24)3-9-19(17)30)21(22(29)31)32-15-6-4-14(28)5-7-15/h2-11,30H,28H2,1H3. The number of rotatable bonds is 3. The highest BCUT2D eigenvalue weighted by Crippen LogP contribution is 2.44. The Hall–Kier alpha value is -3.10. The Kier molecular flexibility index (Phi) is 5.60. The van der Waals surface area contributed by atoms with Gasteiger partial charge in [-0.1, -0.05) is 23.4 Å². The Balaban J connectivity index is 2.12. The number of nitrogen functional groups attached to an aromatic ring is 1. The number of nitrogens with zero attached hydrogens (tertiary/aromatic N) is 1. The molecule has 4 nitrogen and oxygen atoms in total. The SMILES string of the molecule is Cn1c(=O)c(Sc2ccc(N)cc2)c(-c2cc(Cl)ccc2O)c2cc(C(F)(F)F)ccc21. The van der Waals surface area contributed by atoms with Crippen LogP contribution in [-0.4, -0.2) is 9.67 Å². The number of pyridine rings is 1. The van der Waals surface area contributed by atoms with E-state index >= 15 is 0 Å². The van der Waals surface area contributed by atoms with Crippen molar-refractivity contribution in [3.05, 3.63) is 81.6 Å². The number of aromatic hydroxyl groups is 1. The summed E-state index contributed by atoms with van der Waals surface area (Å²) in [4.78, 5) is 14.1. The fourth-order valence-corrected chi connectivity index (χ4v) is 4.65. The highest BCUT2D eigenvalue weighted by Gasteiger charge is 2.31. The minimum Gasteiger partial charge on any atom is -0.507 e. The molecule has 0 atom stereocenters. The van der Waals surface area contributed by atoms with Crippen LogP contribution in [0.4, 0.5) is 18.9 Å². The van der Waals surface area contributed by atoms with Gasteiger partial charge in [-0.05, 0) is 60.7 Å². The molecule has 0 bridgehead atoms. The van der Waals surface area contributed by atoms with Crippen LogP contribution in [0, 0.1) is 0 Å². The van der Waals surface area contributed by atoms with Gasteiger partial charge in [-0.15, -0.1) is 0 Å². The molecule has 0 spiro atoms. The van der Waals surface area contributed by atoms with Crippen LogP contribution >= 0.6 is 23.4 Å². The smallest absolute Gasteiger partial charge is 0.416 e. The number of hydrogen-bond acceptors (Lipinski definition) is 4. The Morgan fingerprint density at radius 2 is 1.72 bits per heavy atom. The van der Waals surface area contributed by atoms with E-state index in [4.69, 9.17) is 17.3 Å². The first-order valence-electron chi connectivity index (χ1n) is 9.32. The molecular weight excluding hydrogens is 461 g/mol. The van der Waals surface area contributed by atoms with Crippen LogP contribution in [-0.2, 0) is 13.2 Å². The molecule has 164 valence electrons. The summed E-state index contributed by atoms with van der Waals surface area (Å²) in [6, 6.07) is 14.1. The second-order valence-electron chi connectivity index (χ2n) is 7.13. The maximum absolute atomic E-state index is 13.5. The minimum atomic E-state index is -4.58. The zero-order valence-electron chi connectivity index (χ0n) is 16.6. The number of benzene rings is 3. The fraction of sp³-hybridized carbons (Fsp3) is 0.0870. The number of fused-ring (bicyclic) bond motifs is 1. The van der Waals surface area contributed by atoms with Gasteiger partial charge in [0.15, 0.2) is 0 Å². The summed E-state index contributed by atoms with van der Waals surface area (Å²) in [7, 11) is 1.49. The van der Waals surface area contributed by atoms with E-state index in [0.29, 0.717) is 16.1 Å². The van der Waals surface area contributed by atoms with Crippen molar-refractivity contribution in [1.29, 1.82) is 0 Å². The van der Waals surface area contributed by atoms with E-state index in [0.717, 1.165) is 23.9 Å². The second kappa shape index (κ2) is 8.11. The van der Waals surface area contributed by atoms with Crippen LogP contribution in [0.3, 0.4) is 0 Å². The molecule has 4 aromatic rings. The lowest BCUT2D eigenvalue weighted by molar-refractivity contribution is -0.137. The van der Waals surface area contributed by atoms with E-state index in [1.165, 1.54) is 35.9 Å². The summed E-state index contributed by atoms with van der Waals surface area (Å²) in [5, 5.41) is 11.0. The molecule has 4 rings (SSSR count). The van der Waals surface area contributed by atoms with Crippen LogP contribution in [0.5, 0.6) is 5.75 Å². The van der Waals surface area contributed by atoms with Crippen LogP contribution < -0.4 is 11.3 Å². The summed E-state index contributed by atoms with van der Waals surface area (Å²) < 4.78 is 41.8. The largest absolute Gasteiger partial charge is 0.507 e. The molecular formula is C23H16ClF3N2O2S. The van der Waals surface area contributed by atoms with Gasteiger partial charge < -0.3 is 15.4 Å². The molecule has 3 aromatic carbocycles.